The molecule has 2 aromatic carbocycles. The maximum Gasteiger partial charge on any atom is 0.265 e. The number of hydrogen-bond acceptors (Lipinski definition) is 3. The van der Waals surface area contributed by atoms with Gasteiger partial charge in [-0.1, -0.05) is 29.8 Å². The summed E-state index contributed by atoms with van der Waals surface area (Å²) in [6.45, 7) is 2.84. The van der Waals surface area contributed by atoms with Crippen LogP contribution in [-0.4, -0.2) is 22.0 Å². The Balaban J connectivity index is 1.20. The van der Waals surface area contributed by atoms with Gasteiger partial charge in [0.05, 0.1) is 16.6 Å². The van der Waals surface area contributed by atoms with E-state index in [0.29, 0.717) is 35.0 Å². The fraction of sp³-hybridized carbons (Fsp3) is 0.483. The van der Waals surface area contributed by atoms with Gasteiger partial charge in [0.1, 0.15) is 5.82 Å². The van der Waals surface area contributed by atoms with Crippen molar-refractivity contribution in [3.63, 3.8) is 0 Å². The molecule has 3 aromatic rings. The van der Waals surface area contributed by atoms with Crippen molar-refractivity contribution >= 4 is 16.8 Å². The van der Waals surface area contributed by atoms with Gasteiger partial charge in [0.2, 0.25) is 5.91 Å². The second-order valence-electron chi connectivity index (χ2n) is 11.2. The van der Waals surface area contributed by atoms with E-state index in [1.165, 1.54) is 38.5 Å². The second kappa shape index (κ2) is 8.37. The number of hydrogen-bond donors (Lipinski definition) is 1. The quantitative estimate of drug-likeness (QED) is 0.571. The average Bonchev–Trinajstić information content (AvgIpc) is 2.82. The Morgan fingerprint density at radius 3 is 2.32 bits per heavy atom. The van der Waals surface area contributed by atoms with E-state index in [4.69, 9.17) is 4.98 Å². The van der Waals surface area contributed by atoms with Crippen LogP contribution in [0.2, 0.25) is 0 Å². The number of nitrogens with one attached hydrogen (secondary N) is 1. The molecule has 34 heavy (non-hydrogen) atoms. The summed E-state index contributed by atoms with van der Waals surface area (Å²) in [4.78, 5) is 31.1. The van der Waals surface area contributed by atoms with E-state index in [9.17, 15) is 9.59 Å². The maximum atomic E-state index is 13.4. The zero-order valence-electron chi connectivity index (χ0n) is 19.9. The van der Waals surface area contributed by atoms with Crippen molar-refractivity contribution in [2.75, 3.05) is 6.54 Å². The first-order valence-corrected chi connectivity index (χ1v) is 12.8. The van der Waals surface area contributed by atoms with Crippen molar-refractivity contribution in [1.29, 1.82) is 0 Å². The fourth-order valence-electron chi connectivity index (χ4n) is 7.41. The number of fused-ring (bicyclic) bond motifs is 1. The van der Waals surface area contributed by atoms with Gasteiger partial charge in [0, 0.05) is 19.4 Å². The highest BCUT2D eigenvalue weighted by molar-refractivity contribution is 5.78. The van der Waals surface area contributed by atoms with Gasteiger partial charge in [-0.3, -0.25) is 14.2 Å². The third-order valence-electron chi connectivity index (χ3n) is 8.54. The lowest BCUT2D eigenvalue weighted by Gasteiger charge is -2.56. The maximum absolute atomic E-state index is 13.4. The molecule has 0 atom stereocenters. The molecule has 0 saturated heterocycles. The van der Waals surface area contributed by atoms with Crippen LogP contribution in [0.15, 0.2) is 53.3 Å². The molecule has 1 amide bonds. The van der Waals surface area contributed by atoms with Crippen molar-refractivity contribution in [3.05, 3.63) is 70.3 Å². The van der Waals surface area contributed by atoms with Crippen LogP contribution in [0.1, 0.15) is 56.3 Å². The number of aryl methyl sites for hydroxylation is 2. The molecule has 1 aromatic heterocycles. The molecular formula is C29H33N3O2. The van der Waals surface area contributed by atoms with Crippen LogP contribution < -0.4 is 10.9 Å². The van der Waals surface area contributed by atoms with E-state index in [1.54, 1.807) is 4.57 Å². The first-order chi connectivity index (χ1) is 16.5. The predicted molar refractivity (Wildman–Crippen MR) is 134 cm³/mol. The summed E-state index contributed by atoms with van der Waals surface area (Å²) >= 11 is 0. The van der Waals surface area contributed by atoms with Crippen molar-refractivity contribution in [2.45, 2.75) is 58.3 Å². The molecule has 7 rings (SSSR count). The van der Waals surface area contributed by atoms with Gasteiger partial charge in [-0.25, -0.2) is 4.98 Å². The van der Waals surface area contributed by atoms with Crippen molar-refractivity contribution in [1.82, 2.24) is 14.9 Å². The Bertz CT molecular complexity index is 1260. The standard InChI is InChI=1S/C29H33N3O2/c1-19-6-8-23(9-7-19)32-26(31-25-5-3-2-4-24(25)28(32)34)10-11-27(33)30-18-29-15-20-12-21(16-29)14-22(13-20)17-29/h2-9,20-22H,10-18H2,1H3,(H,30,33). The molecule has 0 spiro atoms. The number of nitrogens with zero attached hydrogens (tertiary/aromatic N) is 2. The Morgan fingerprint density at radius 1 is 1.00 bits per heavy atom. The number of aromatic nitrogens is 2. The third-order valence-corrected chi connectivity index (χ3v) is 8.54. The Hall–Kier alpha value is -2.95. The van der Waals surface area contributed by atoms with Gasteiger partial charge in [0.25, 0.3) is 5.56 Å². The minimum atomic E-state index is -0.0848. The minimum absolute atomic E-state index is 0.0635. The van der Waals surface area contributed by atoms with Crippen LogP contribution in [0.3, 0.4) is 0 Å². The molecule has 176 valence electrons. The number of carbonyl (C=O) groups is 1. The van der Waals surface area contributed by atoms with Gasteiger partial charge in [-0.2, -0.15) is 0 Å². The molecule has 1 N–H and O–H groups in total. The molecule has 0 aliphatic heterocycles. The predicted octanol–water partition coefficient (Wildman–Crippen LogP) is 4.96. The largest absolute Gasteiger partial charge is 0.356 e. The summed E-state index contributed by atoms with van der Waals surface area (Å²) in [5.74, 6) is 3.35. The lowest BCUT2D eigenvalue weighted by molar-refractivity contribution is -0.123. The number of rotatable bonds is 6. The molecule has 4 fully saturated rings. The third kappa shape index (κ3) is 3.95. The van der Waals surface area contributed by atoms with Gasteiger partial charge >= 0.3 is 0 Å². The fourth-order valence-corrected chi connectivity index (χ4v) is 7.41. The zero-order chi connectivity index (χ0) is 23.3. The van der Waals surface area contributed by atoms with E-state index in [-0.39, 0.29) is 11.5 Å². The van der Waals surface area contributed by atoms with Gasteiger partial charge in [0.15, 0.2) is 0 Å². The highest BCUT2D eigenvalue weighted by Gasteiger charge is 2.50. The van der Waals surface area contributed by atoms with E-state index in [2.05, 4.69) is 5.32 Å². The van der Waals surface area contributed by atoms with Crippen molar-refractivity contribution in [2.24, 2.45) is 23.2 Å². The molecule has 4 aliphatic rings. The summed E-state index contributed by atoms with van der Waals surface area (Å²) in [7, 11) is 0. The van der Waals surface area contributed by atoms with E-state index in [0.717, 1.165) is 35.5 Å². The number of para-hydroxylation sites is 1. The van der Waals surface area contributed by atoms with Crippen LogP contribution in [0.4, 0.5) is 0 Å². The topological polar surface area (TPSA) is 64.0 Å². The van der Waals surface area contributed by atoms with E-state index < -0.39 is 0 Å². The summed E-state index contributed by atoms with van der Waals surface area (Å²) in [6.07, 6.45) is 8.88. The summed E-state index contributed by atoms with van der Waals surface area (Å²) < 4.78 is 1.67. The van der Waals surface area contributed by atoms with Crippen molar-refractivity contribution in [3.8, 4) is 5.69 Å². The highest BCUT2D eigenvalue weighted by Crippen LogP contribution is 2.59. The number of carbonyl (C=O) groups excluding carboxylic acids is 1. The monoisotopic (exact) mass is 455 g/mol. The van der Waals surface area contributed by atoms with Crippen LogP contribution in [0, 0.1) is 30.1 Å². The smallest absolute Gasteiger partial charge is 0.265 e. The average molecular weight is 456 g/mol. The van der Waals surface area contributed by atoms with E-state index >= 15 is 0 Å². The van der Waals surface area contributed by atoms with Crippen LogP contribution in [-0.2, 0) is 11.2 Å². The minimum Gasteiger partial charge on any atom is -0.356 e. The molecule has 4 saturated carbocycles. The highest BCUT2D eigenvalue weighted by atomic mass is 16.1. The van der Waals surface area contributed by atoms with Gasteiger partial charge in [-0.05, 0) is 92.9 Å². The second-order valence-corrected chi connectivity index (χ2v) is 11.2. The molecule has 0 unspecified atom stereocenters. The van der Waals surface area contributed by atoms with Crippen LogP contribution >= 0.6 is 0 Å². The van der Waals surface area contributed by atoms with E-state index in [1.807, 2.05) is 55.5 Å². The number of amides is 1. The first kappa shape index (κ1) is 21.6. The lowest BCUT2D eigenvalue weighted by Crippen LogP contribution is -2.51. The Kier molecular flexibility index (Phi) is 5.31. The van der Waals surface area contributed by atoms with Gasteiger partial charge in [-0.15, -0.1) is 0 Å². The Morgan fingerprint density at radius 2 is 1.65 bits per heavy atom. The molecule has 4 aliphatic carbocycles. The molecule has 0 radical (unpaired) electrons. The van der Waals surface area contributed by atoms with Crippen LogP contribution in [0.5, 0.6) is 0 Å². The van der Waals surface area contributed by atoms with Crippen molar-refractivity contribution < 1.29 is 4.79 Å². The summed E-state index contributed by atoms with van der Waals surface area (Å²) in [5, 5.41) is 3.87. The molecule has 4 bridgehead atoms. The molecule has 1 heterocycles. The SMILES string of the molecule is Cc1ccc(-n2c(CCC(=O)NCC34CC5CC(CC(C5)C3)C4)nc3ccccc3c2=O)cc1. The molecular weight excluding hydrogens is 422 g/mol. The Labute approximate surface area is 200 Å². The van der Waals surface area contributed by atoms with Gasteiger partial charge < -0.3 is 5.32 Å². The normalized spacial score (nSPS) is 27.3. The number of benzene rings is 2. The molecule has 5 nitrogen and oxygen atoms in total. The first-order valence-electron chi connectivity index (χ1n) is 12.8. The summed E-state index contributed by atoms with van der Waals surface area (Å²) in [5.41, 5.74) is 2.85. The summed E-state index contributed by atoms with van der Waals surface area (Å²) in [6, 6.07) is 15.3. The van der Waals surface area contributed by atoms with Crippen LogP contribution in [0.25, 0.3) is 16.6 Å². The zero-order valence-corrected chi connectivity index (χ0v) is 19.9. The lowest BCUT2D eigenvalue weighted by atomic mass is 9.49. The molecule has 5 heteroatoms.